The lowest BCUT2D eigenvalue weighted by Crippen LogP contribution is -2.21. The van der Waals surface area contributed by atoms with E-state index in [0.717, 1.165) is 56.5 Å². The second-order valence-electron chi connectivity index (χ2n) is 7.95. The van der Waals surface area contributed by atoms with Crippen molar-refractivity contribution >= 4 is 11.7 Å². The summed E-state index contributed by atoms with van der Waals surface area (Å²) in [5.74, 6) is -0.418. The van der Waals surface area contributed by atoms with Crippen molar-refractivity contribution in [2.75, 3.05) is 0 Å². The number of carboxylic acid groups (broad SMARTS) is 1. The van der Waals surface area contributed by atoms with Gasteiger partial charge in [-0.25, -0.2) is 9.98 Å². The first-order chi connectivity index (χ1) is 14.5. The molecule has 1 saturated carbocycles. The van der Waals surface area contributed by atoms with Crippen LogP contribution < -0.4 is 0 Å². The van der Waals surface area contributed by atoms with Crippen LogP contribution in [0, 0.1) is 19.8 Å². The van der Waals surface area contributed by atoms with Gasteiger partial charge in [0, 0.05) is 24.1 Å². The third-order valence-electron chi connectivity index (χ3n) is 5.70. The number of rotatable bonds is 1. The molecule has 1 aromatic heterocycles. The molecule has 1 aliphatic heterocycles. The molecule has 0 bridgehead atoms. The zero-order valence-corrected chi connectivity index (χ0v) is 17.7. The minimum atomic E-state index is -4.43. The Hall–Kier alpha value is -2.68. The summed E-state index contributed by atoms with van der Waals surface area (Å²) in [5, 5.41) is 18.1. The van der Waals surface area contributed by atoms with E-state index in [-0.39, 0.29) is 5.92 Å². The summed E-state index contributed by atoms with van der Waals surface area (Å²) in [6, 6.07) is 3.75. The fourth-order valence-corrected chi connectivity index (χ4v) is 4.19. The first-order valence-electron chi connectivity index (χ1n) is 10.2. The van der Waals surface area contributed by atoms with Crippen LogP contribution in [-0.2, 0) is 11.0 Å². The highest BCUT2D eigenvalue weighted by Crippen LogP contribution is 2.38. The van der Waals surface area contributed by atoms with E-state index >= 15 is 0 Å². The minimum absolute atomic E-state index is 0.0571. The highest BCUT2D eigenvalue weighted by atomic mass is 19.4. The van der Waals surface area contributed by atoms with Gasteiger partial charge in [0.1, 0.15) is 0 Å². The Morgan fingerprint density at radius 2 is 1.77 bits per heavy atom. The summed E-state index contributed by atoms with van der Waals surface area (Å²) >= 11 is 0. The summed E-state index contributed by atoms with van der Waals surface area (Å²) in [7, 11) is 0. The van der Waals surface area contributed by atoms with Crippen LogP contribution in [0.15, 0.2) is 23.2 Å². The average Bonchev–Trinajstić information content (AvgIpc) is 2.93. The molecular formula is C22H26F3N3O3. The Labute approximate surface area is 178 Å². The van der Waals surface area contributed by atoms with Gasteiger partial charge in [-0.2, -0.15) is 13.2 Å². The van der Waals surface area contributed by atoms with Crippen LogP contribution in [-0.4, -0.2) is 31.4 Å². The maximum Gasteiger partial charge on any atom is 0.416 e. The van der Waals surface area contributed by atoms with Gasteiger partial charge < -0.3 is 10.2 Å². The molecule has 9 heteroatoms. The second kappa shape index (κ2) is 8.82. The fraction of sp³-hybridized carbons (Fsp3) is 0.500. The van der Waals surface area contributed by atoms with Crippen molar-refractivity contribution in [1.82, 2.24) is 9.55 Å². The maximum absolute atomic E-state index is 13.4. The SMILES string of the molecule is CC(=O)O.Cc1nc2n(c1C)-c1ccc(C(F)(F)F)cc1C(C1CCCCC1)=NC2O. The molecule has 31 heavy (non-hydrogen) atoms. The van der Waals surface area contributed by atoms with Gasteiger partial charge in [-0.3, -0.25) is 9.36 Å². The number of aliphatic imine (C=N–C) groups is 1. The van der Waals surface area contributed by atoms with Gasteiger partial charge in [0.15, 0.2) is 5.82 Å². The van der Waals surface area contributed by atoms with Gasteiger partial charge in [-0.05, 0) is 44.9 Å². The number of hydrogen-bond donors (Lipinski definition) is 2. The highest BCUT2D eigenvalue weighted by Gasteiger charge is 2.35. The molecule has 2 N–H and O–H groups in total. The van der Waals surface area contributed by atoms with Crippen LogP contribution in [0.5, 0.6) is 0 Å². The molecule has 1 unspecified atom stereocenters. The Bertz CT molecular complexity index is 1000. The lowest BCUT2D eigenvalue weighted by atomic mass is 9.82. The molecule has 0 radical (unpaired) electrons. The number of imidazole rings is 1. The molecular weight excluding hydrogens is 411 g/mol. The molecule has 2 aliphatic rings. The number of hydrogen-bond acceptors (Lipinski definition) is 4. The van der Waals surface area contributed by atoms with Gasteiger partial charge in [0.05, 0.1) is 22.7 Å². The number of aliphatic carboxylic acids is 1. The zero-order chi connectivity index (χ0) is 22.9. The van der Waals surface area contributed by atoms with Crippen molar-refractivity contribution in [3.63, 3.8) is 0 Å². The predicted octanol–water partition coefficient (Wildman–Crippen LogP) is 4.97. The van der Waals surface area contributed by atoms with Crippen molar-refractivity contribution in [2.45, 2.75) is 65.3 Å². The number of aryl methyl sites for hydroxylation is 1. The summed E-state index contributed by atoms with van der Waals surface area (Å²) < 4.78 is 41.9. The fourth-order valence-electron chi connectivity index (χ4n) is 4.19. The lowest BCUT2D eigenvalue weighted by Gasteiger charge is -2.25. The summed E-state index contributed by atoms with van der Waals surface area (Å²) in [6.45, 7) is 4.75. The van der Waals surface area contributed by atoms with Crippen LogP contribution in [0.3, 0.4) is 0 Å². The number of aliphatic hydroxyl groups is 1. The number of carboxylic acids is 1. The molecule has 0 spiro atoms. The molecule has 1 aromatic carbocycles. The van der Waals surface area contributed by atoms with E-state index < -0.39 is 23.9 Å². The zero-order valence-electron chi connectivity index (χ0n) is 17.7. The number of nitrogens with zero attached hydrogens (tertiary/aromatic N) is 3. The van der Waals surface area contributed by atoms with E-state index in [1.165, 1.54) is 12.1 Å². The van der Waals surface area contributed by atoms with E-state index in [1.54, 1.807) is 4.57 Å². The topological polar surface area (TPSA) is 87.7 Å². The molecule has 4 rings (SSSR count). The van der Waals surface area contributed by atoms with Gasteiger partial charge in [-0.15, -0.1) is 0 Å². The minimum Gasteiger partial charge on any atom is -0.481 e. The average molecular weight is 437 g/mol. The smallest absolute Gasteiger partial charge is 0.416 e. The molecule has 2 aromatic rings. The van der Waals surface area contributed by atoms with Crippen molar-refractivity contribution in [3.8, 4) is 5.69 Å². The monoisotopic (exact) mass is 437 g/mol. The van der Waals surface area contributed by atoms with E-state index in [2.05, 4.69) is 9.98 Å². The summed E-state index contributed by atoms with van der Waals surface area (Å²) in [4.78, 5) is 17.9. The van der Waals surface area contributed by atoms with Gasteiger partial charge in [0.25, 0.3) is 5.97 Å². The Morgan fingerprint density at radius 3 is 2.35 bits per heavy atom. The number of halogens is 3. The van der Waals surface area contributed by atoms with Crippen LogP contribution in [0.25, 0.3) is 5.69 Å². The first kappa shape index (κ1) is 23.0. The van der Waals surface area contributed by atoms with Crippen molar-refractivity contribution in [1.29, 1.82) is 0 Å². The normalized spacial score (nSPS) is 18.8. The Kier molecular flexibility index (Phi) is 6.54. The number of aromatic nitrogens is 2. The third-order valence-corrected chi connectivity index (χ3v) is 5.70. The summed E-state index contributed by atoms with van der Waals surface area (Å²) in [5.41, 5.74) is 2.46. The van der Waals surface area contributed by atoms with E-state index in [0.29, 0.717) is 22.8 Å². The number of fused-ring (bicyclic) bond motifs is 3. The van der Waals surface area contributed by atoms with E-state index in [4.69, 9.17) is 9.90 Å². The van der Waals surface area contributed by atoms with E-state index in [9.17, 15) is 18.3 Å². The number of benzene rings is 1. The predicted molar refractivity (Wildman–Crippen MR) is 109 cm³/mol. The van der Waals surface area contributed by atoms with Crippen molar-refractivity contribution in [2.24, 2.45) is 10.9 Å². The number of aliphatic hydroxyl groups excluding tert-OH is 1. The molecule has 0 saturated heterocycles. The lowest BCUT2D eigenvalue weighted by molar-refractivity contribution is -0.137. The summed E-state index contributed by atoms with van der Waals surface area (Å²) in [6.07, 6.45) is -0.685. The highest BCUT2D eigenvalue weighted by molar-refractivity contribution is 6.06. The van der Waals surface area contributed by atoms with Gasteiger partial charge in [0.2, 0.25) is 6.23 Å². The molecule has 168 valence electrons. The quantitative estimate of drug-likeness (QED) is 0.659. The molecule has 1 fully saturated rings. The Balaban J connectivity index is 0.000000628. The van der Waals surface area contributed by atoms with E-state index in [1.807, 2.05) is 13.8 Å². The molecule has 2 heterocycles. The van der Waals surface area contributed by atoms with Crippen LogP contribution in [0.2, 0.25) is 0 Å². The Morgan fingerprint density at radius 1 is 1.16 bits per heavy atom. The first-order valence-corrected chi connectivity index (χ1v) is 10.2. The van der Waals surface area contributed by atoms with Gasteiger partial charge >= 0.3 is 6.18 Å². The van der Waals surface area contributed by atoms with Crippen LogP contribution >= 0.6 is 0 Å². The van der Waals surface area contributed by atoms with Crippen molar-refractivity contribution in [3.05, 3.63) is 46.5 Å². The second-order valence-corrected chi connectivity index (χ2v) is 7.95. The van der Waals surface area contributed by atoms with Crippen LogP contribution in [0.1, 0.15) is 73.6 Å². The molecule has 6 nitrogen and oxygen atoms in total. The standard InChI is InChI=1S/C20H22F3N3O.C2H4O2/c1-11-12(2)26-16-9-8-14(20(21,22)23)10-15(16)17(13-6-4-3-5-7-13)25-19(27)18(26)24-11;1-2(3)4/h8-10,13,19,27H,3-7H2,1-2H3;1H3,(H,3,4). The molecule has 0 amide bonds. The number of alkyl halides is 3. The molecule has 1 aliphatic carbocycles. The van der Waals surface area contributed by atoms with Crippen LogP contribution in [0.4, 0.5) is 13.2 Å². The van der Waals surface area contributed by atoms with Crippen molar-refractivity contribution < 1.29 is 28.2 Å². The van der Waals surface area contributed by atoms with Gasteiger partial charge in [-0.1, -0.05) is 19.3 Å². The maximum atomic E-state index is 13.4. The largest absolute Gasteiger partial charge is 0.481 e. The third kappa shape index (κ3) is 4.81. The number of carbonyl (C=O) groups is 1. The molecule has 1 atom stereocenters.